The Morgan fingerprint density at radius 3 is 2.18 bits per heavy atom. The van der Waals surface area contributed by atoms with Crippen molar-refractivity contribution in [2.75, 3.05) is 19.8 Å². The molecule has 154 valence electrons. The van der Waals surface area contributed by atoms with Gasteiger partial charge < -0.3 is 29.9 Å². The Balaban J connectivity index is 1.38. The Hall–Kier alpha value is -1.88. The number of carbonyl (C=O) groups excluding carboxylic acids is 2. The van der Waals surface area contributed by atoms with Gasteiger partial charge in [-0.2, -0.15) is 0 Å². The summed E-state index contributed by atoms with van der Waals surface area (Å²) >= 11 is 0. The smallest absolute Gasteiger partial charge is 0.261 e. The lowest BCUT2D eigenvalue weighted by molar-refractivity contribution is -0.301. The fourth-order valence-electron chi connectivity index (χ4n) is 3.40. The first-order valence-corrected chi connectivity index (χ1v) is 9.33. The first-order chi connectivity index (χ1) is 13.5. The molecule has 0 saturated carbocycles. The molecule has 1 fully saturated rings. The maximum Gasteiger partial charge on any atom is 0.261 e. The molecular weight excluding hydrogens is 370 g/mol. The number of hydrogen-bond donors (Lipinski definition) is 4. The second-order valence-corrected chi connectivity index (χ2v) is 6.94. The molecule has 3 rings (SSSR count). The molecule has 5 atom stereocenters. The fourth-order valence-corrected chi connectivity index (χ4v) is 3.40. The van der Waals surface area contributed by atoms with Crippen LogP contribution in [0, 0.1) is 0 Å². The van der Waals surface area contributed by atoms with Crippen LogP contribution in [0.2, 0.25) is 0 Å². The third-order valence-corrected chi connectivity index (χ3v) is 5.03. The number of aliphatic hydroxyl groups excluding tert-OH is 4. The molecule has 0 aromatic heterocycles. The molecule has 0 radical (unpaired) electrons. The third kappa shape index (κ3) is 4.09. The van der Waals surface area contributed by atoms with Crippen molar-refractivity contribution in [3.63, 3.8) is 0 Å². The summed E-state index contributed by atoms with van der Waals surface area (Å²) in [5.74, 6) is -0.559. The van der Waals surface area contributed by atoms with Gasteiger partial charge >= 0.3 is 0 Å². The number of aliphatic hydroxyl groups is 4. The summed E-state index contributed by atoms with van der Waals surface area (Å²) in [6, 6.07) is 6.74. The molecule has 2 aliphatic rings. The lowest BCUT2D eigenvalue weighted by atomic mass is 9.99. The van der Waals surface area contributed by atoms with E-state index < -0.39 is 37.3 Å². The van der Waals surface area contributed by atoms with Crippen molar-refractivity contribution in [3.05, 3.63) is 35.4 Å². The third-order valence-electron chi connectivity index (χ3n) is 5.03. The molecule has 1 aromatic rings. The van der Waals surface area contributed by atoms with Crippen LogP contribution in [0.25, 0.3) is 0 Å². The van der Waals surface area contributed by atoms with Crippen LogP contribution in [-0.2, 0) is 9.47 Å². The molecule has 28 heavy (non-hydrogen) atoms. The maximum atomic E-state index is 12.3. The Labute approximate surface area is 162 Å². The Morgan fingerprint density at radius 2 is 1.57 bits per heavy atom. The fraction of sp³-hybridized carbons (Fsp3) is 0.579. The zero-order chi connectivity index (χ0) is 20.3. The Kier molecular flexibility index (Phi) is 6.76. The molecule has 1 saturated heterocycles. The number of amides is 2. The van der Waals surface area contributed by atoms with Crippen LogP contribution < -0.4 is 0 Å². The number of ether oxygens (including phenoxy) is 2. The largest absolute Gasteiger partial charge is 0.394 e. The quantitative estimate of drug-likeness (QED) is 0.334. The highest BCUT2D eigenvalue weighted by Crippen LogP contribution is 2.24. The van der Waals surface area contributed by atoms with Crippen LogP contribution in [0.4, 0.5) is 0 Å². The van der Waals surface area contributed by atoms with E-state index in [0.717, 1.165) is 0 Å². The van der Waals surface area contributed by atoms with Crippen LogP contribution in [0.5, 0.6) is 0 Å². The predicted octanol–water partition coefficient (Wildman–Crippen LogP) is -0.731. The van der Waals surface area contributed by atoms with Gasteiger partial charge in [-0.15, -0.1) is 0 Å². The number of hydrogen-bond acceptors (Lipinski definition) is 8. The summed E-state index contributed by atoms with van der Waals surface area (Å²) in [6.07, 6.45) is -4.60. The number of benzene rings is 1. The highest BCUT2D eigenvalue weighted by molar-refractivity contribution is 6.21. The monoisotopic (exact) mass is 395 g/mol. The number of nitrogens with zero attached hydrogens (tertiary/aromatic N) is 1. The predicted molar refractivity (Wildman–Crippen MR) is 95.4 cm³/mol. The SMILES string of the molecule is O=C1c2ccccc2C(=O)N1CCCCCO[C@@H]1O[C@H](CO)[C@@H](O)[C@H](O)[C@H]1O. The molecule has 0 aliphatic carbocycles. The average Bonchev–Trinajstić information content (AvgIpc) is 2.95. The van der Waals surface area contributed by atoms with Gasteiger partial charge in [0.25, 0.3) is 11.8 Å². The minimum atomic E-state index is -1.47. The molecule has 0 unspecified atom stereocenters. The van der Waals surface area contributed by atoms with Crippen molar-refractivity contribution in [1.29, 1.82) is 0 Å². The van der Waals surface area contributed by atoms with Crippen molar-refractivity contribution in [1.82, 2.24) is 4.90 Å². The van der Waals surface area contributed by atoms with E-state index in [2.05, 4.69) is 0 Å². The number of fused-ring (bicyclic) bond motifs is 1. The van der Waals surface area contributed by atoms with Crippen LogP contribution >= 0.6 is 0 Å². The van der Waals surface area contributed by atoms with E-state index in [1.54, 1.807) is 24.3 Å². The van der Waals surface area contributed by atoms with E-state index in [9.17, 15) is 24.9 Å². The van der Waals surface area contributed by atoms with E-state index in [4.69, 9.17) is 14.6 Å². The summed E-state index contributed by atoms with van der Waals surface area (Å²) in [5.41, 5.74) is 0.858. The van der Waals surface area contributed by atoms with E-state index in [0.29, 0.717) is 36.9 Å². The van der Waals surface area contributed by atoms with Gasteiger partial charge in [0.2, 0.25) is 0 Å². The van der Waals surface area contributed by atoms with Crippen LogP contribution in [0.1, 0.15) is 40.0 Å². The van der Waals surface area contributed by atoms with Gasteiger partial charge in [0.15, 0.2) is 6.29 Å². The van der Waals surface area contributed by atoms with Crippen molar-refractivity contribution in [3.8, 4) is 0 Å². The zero-order valence-electron chi connectivity index (χ0n) is 15.3. The Bertz CT molecular complexity index is 674. The molecule has 0 spiro atoms. The summed E-state index contributed by atoms with van der Waals surface area (Å²) in [6.45, 7) is 0.0162. The number of rotatable bonds is 8. The molecule has 2 heterocycles. The van der Waals surface area contributed by atoms with Crippen molar-refractivity contribution < 1.29 is 39.5 Å². The molecular formula is C19H25NO8. The van der Waals surface area contributed by atoms with E-state index in [1.807, 2.05) is 0 Å². The molecule has 9 heteroatoms. The van der Waals surface area contributed by atoms with Gasteiger partial charge in [-0.3, -0.25) is 14.5 Å². The van der Waals surface area contributed by atoms with Gasteiger partial charge in [-0.25, -0.2) is 0 Å². The molecule has 1 aromatic carbocycles. The summed E-state index contributed by atoms with van der Waals surface area (Å²) in [7, 11) is 0. The topological polar surface area (TPSA) is 137 Å². The van der Waals surface area contributed by atoms with Crippen molar-refractivity contribution in [2.45, 2.75) is 50.0 Å². The number of unbranched alkanes of at least 4 members (excludes halogenated alkanes) is 2. The van der Waals surface area contributed by atoms with Crippen LogP contribution in [0.3, 0.4) is 0 Å². The van der Waals surface area contributed by atoms with E-state index >= 15 is 0 Å². The standard InChI is InChI=1S/C19H25NO8/c21-10-13-14(22)15(23)16(24)19(28-13)27-9-5-1-4-8-20-17(25)11-6-2-3-7-12(11)18(20)26/h2-3,6-7,13-16,19,21-24H,1,4-5,8-10H2/t13-,14-,15+,16-,19-/m1/s1. The summed E-state index contributed by atoms with van der Waals surface area (Å²) in [5, 5.41) is 38.5. The lowest BCUT2D eigenvalue weighted by Crippen LogP contribution is -2.59. The molecule has 4 N–H and O–H groups in total. The van der Waals surface area contributed by atoms with Crippen molar-refractivity contribution in [2.24, 2.45) is 0 Å². The van der Waals surface area contributed by atoms with Gasteiger partial charge in [0, 0.05) is 13.2 Å². The molecule has 2 aliphatic heterocycles. The summed E-state index contributed by atoms with van der Waals surface area (Å²) in [4.78, 5) is 25.8. The van der Waals surface area contributed by atoms with Crippen molar-refractivity contribution >= 4 is 11.8 Å². The number of imide groups is 1. The lowest BCUT2D eigenvalue weighted by Gasteiger charge is -2.39. The maximum absolute atomic E-state index is 12.3. The van der Waals surface area contributed by atoms with Gasteiger partial charge in [0.05, 0.1) is 17.7 Å². The van der Waals surface area contributed by atoms with Gasteiger partial charge in [0.1, 0.15) is 24.4 Å². The normalized spacial score (nSPS) is 30.0. The minimum Gasteiger partial charge on any atom is -0.394 e. The first kappa shape index (κ1) is 20.8. The van der Waals surface area contributed by atoms with Gasteiger partial charge in [-0.05, 0) is 31.4 Å². The molecule has 9 nitrogen and oxygen atoms in total. The van der Waals surface area contributed by atoms with Crippen LogP contribution in [-0.4, -0.2) is 87.6 Å². The number of carbonyl (C=O) groups is 2. The summed E-state index contributed by atoms with van der Waals surface area (Å²) < 4.78 is 10.7. The Morgan fingerprint density at radius 1 is 0.929 bits per heavy atom. The first-order valence-electron chi connectivity index (χ1n) is 9.33. The second kappa shape index (κ2) is 9.08. The minimum absolute atomic E-state index is 0.213. The van der Waals surface area contributed by atoms with Gasteiger partial charge in [-0.1, -0.05) is 12.1 Å². The second-order valence-electron chi connectivity index (χ2n) is 6.94. The van der Waals surface area contributed by atoms with E-state index in [-0.39, 0.29) is 18.4 Å². The molecule has 2 amide bonds. The highest BCUT2D eigenvalue weighted by atomic mass is 16.7. The average molecular weight is 395 g/mol. The van der Waals surface area contributed by atoms with E-state index in [1.165, 1.54) is 4.90 Å². The highest BCUT2D eigenvalue weighted by Gasteiger charge is 2.43. The van der Waals surface area contributed by atoms with Crippen LogP contribution in [0.15, 0.2) is 24.3 Å². The molecule has 0 bridgehead atoms. The zero-order valence-corrected chi connectivity index (χ0v) is 15.3.